The smallest absolute Gasteiger partial charge is 0.253 e. The lowest BCUT2D eigenvalue weighted by Crippen LogP contribution is -2.31. The lowest BCUT2D eigenvalue weighted by atomic mass is 10.1. The summed E-state index contributed by atoms with van der Waals surface area (Å²) in [4.78, 5) is 13.8. The van der Waals surface area contributed by atoms with Gasteiger partial charge in [0.25, 0.3) is 5.91 Å². The lowest BCUT2D eigenvalue weighted by molar-refractivity contribution is 0.00708. The first-order valence-corrected chi connectivity index (χ1v) is 7.69. The molecule has 1 amide bonds. The number of hydrogen-bond acceptors (Lipinski definition) is 2. The number of hydrogen-bond donors (Lipinski definition) is 0. The molecule has 1 fully saturated rings. The minimum absolute atomic E-state index is 0.166. The first-order chi connectivity index (χ1) is 9.56. The van der Waals surface area contributed by atoms with Gasteiger partial charge in [-0.25, -0.2) is 4.39 Å². The van der Waals surface area contributed by atoms with Crippen LogP contribution in [0.5, 0.6) is 0 Å². The zero-order chi connectivity index (χ0) is 14.5. The average Bonchev–Trinajstić information content (AvgIpc) is 2.44. The van der Waals surface area contributed by atoms with Crippen LogP contribution in [0.2, 0.25) is 0 Å². The summed E-state index contributed by atoms with van der Waals surface area (Å²) in [5.41, 5.74) is 0.365. The number of halogens is 2. The largest absolute Gasteiger partial charge is 0.378 e. The summed E-state index contributed by atoms with van der Waals surface area (Å²) in [7, 11) is 1.74. The summed E-state index contributed by atoms with van der Waals surface area (Å²) < 4.78 is 19.5. The summed E-state index contributed by atoms with van der Waals surface area (Å²) >= 11 is 3.20. The Morgan fingerprint density at radius 1 is 1.45 bits per heavy atom. The molecule has 0 N–H and O–H groups in total. The van der Waals surface area contributed by atoms with E-state index in [2.05, 4.69) is 15.9 Å². The van der Waals surface area contributed by atoms with Gasteiger partial charge in [-0.15, -0.1) is 0 Å². The third-order valence-electron chi connectivity index (χ3n) is 3.52. The van der Waals surface area contributed by atoms with Crippen molar-refractivity contribution in [1.29, 1.82) is 0 Å². The van der Waals surface area contributed by atoms with E-state index in [9.17, 15) is 9.18 Å². The Balaban J connectivity index is 1.90. The highest BCUT2D eigenvalue weighted by Crippen LogP contribution is 2.18. The molecule has 20 heavy (non-hydrogen) atoms. The van der Waals surface area contributed by atoms with Crippen molar-refractivity contribution >= 4 is 21.8 Å². The second kappa shape index (κ2) is 7.18. The van der Waals surface area contributed by atoms with Gasteiger partial charge in [-0.05, 0) is 43.9 Å². The van der Waals surface area contributed by atoms with Gasteiger partial charge in [-0.1, -0.05) is 15.9 Å². The molecule has 3 nitrogen and oxygen atoms in total. The molecule has 1 aromatic carbocycles. The molecule has 1 unspecified atom stereocenters. The first kappa shape index (κ1) is 15.4. The van der Waals surface area contributed by atoms with Crippen LogP contribution in [0, 0.1) is 5.82 Å². The summed E-state index contributed by atoms with van der Waals surface area (Å²) in [6, 6.07) is 4.24. The minimum Gasteiger partial charge on any atom is -0.378 e. The molecule has 0 saturated carbocycles. The molecule has 0 radical (unpaired) electrons. The van der Waals surface area contributed by atoms with Crippen molar-refractivity contribution in [2.75, 3.05) is 20.2 Å². The monoisotopic (exact) mass is 343 g/mol. The van der Waals surface area contributed by atoms with Crippen molar-refractivity contribution in [1.82, 2.24) is 4.90 Å². The van der Waals surface area contributed by atoms with E-state index in [4.69, 9.17) is 4.74 Å². The van der Waals surface area contributed by atoms with Crippen molar-refractivity contribution in [3.05, 3.63) is 34.1 Å². The maximum absolute atomic E-state index is 13.3. The number of nitrogens with zero attached hydrogens (tertiary/aromatic N) is 1. The molecule has 1 atom stereocenters. The average molecular weight is 344 g/mol. The Bertz CT molecular complexity index is 455. The fourth-order valence-corrected chi connectivity index (χ4v) is 2.84. The molecule has 1 saturated heterocycles. The van der Waals surface area contributed by atoms with Gasteiger partial charge in [-0.3, -0.25) is 4.79 Å². The van der Waals surface area contributed by atoms with Crippen molar-refractivity contribution < 1.29 is 13.9 Å². The summed E-state index contributed by atoms with van der Waals surface area (Å²) in [6.45, 7) is 1.44. The highest BCUT2D eigenvalue weighted by molar-refractivity contribution is 9.10. The highest BCUT2D eigenvalue weighted by Gasteiger charge is 2.17. The van der Waals surface area contributed by atoms with Crippen molar-refractivity contribution in [3.8, 4) is 0 Å². The van der Waals surface area contributed by atoms with Crippen molar-refractivity contribution in [2.24, 2.45) is 0 Å². The number of carbonyl (C=O) groups excluding carboxylic acids is 1. The third-order valence-corrected chi connectivity index (χ3v) is 3.97. The predicted octanol–water partition coefficient (Wildman–Crippen LogP) is 3.62. The fourth-order valence-electron chi connectivity index (χ4n) is 2.37. The van der Waals surface area contributed by atoms with E-state index in [1.165, 1.54) is 18.6 Å². The molecule has 1 heterocycles. The summed E-state index contributed by atoms with van der Waals surface area (Å²) in [5, 5.41) is 0. The van der Waals surface area contributed by atoms with Gasteiger partial charge in [0.15, 0.2) is 0 Å². The first-order valence-electron chi connectivity index (χ1n) is 6.89. The van der Waals surface area contributed by atoms with Crippen molar-refractivity contribution in [3.63, 3.8) is 0 Å². The third kappa shape index (κ3) is 4.28. The maximum Gasteiger partial charge on any atom is 0.253 e. The zero-order valence-corrected chi connectivity index (χ0v) is 13.2. The van der Waals surface area contributed by atoms with Crippen LogP contribution >= 0.6 is 15.9 Å². The van der Waals surface area contributed by atoms with Gasteiger partial charge in [0.05, 0.1) is 6.10 Å². The number of carbonyl (C=O) groups is 1. The van der Waals surface area contributed by atoms with Gasteiger partial charge in [0.2, 0.25) is 0 Å². The van der Waals surface area contributed by atoms with E-state index in [1.54, 1.807) is 18.0 Å². The van der Waals surface area contributed by atoms with Gasteiger partial charge >= 0.3 is 0 Å². The standard InChI is InChI=1S/C15H19BrFNO2/c1-18(6-5-14-4-2-3-7-20-14)15(19)11-8-12(16)10-13(17)9-11/h8-10,14H,2-7H2,1H3. The molecule has 5 heteroatoms. The van der Waals surface area contributed by atoms with Crippen LogP contribution in [0.4, 0.5) is 4.39 Å². The Labute approximate surface area is 127 Å². The van der Waals surface area contributed by atoms with Gasteiger partial charge in [0.1, 0.15) is 5.82 Å². The Kier molecular flexibility index (Phi) is 5.54. The maximum atomic E-state index is 13.3. The molecular weight excluding hydrogens is 325 g/mol. The van der Waals surface area contributed by atoms with Crippen LogP contribution in [0.25, 0.3) is 0 Å². The van der Waals surface area contributed by atoms with E-state index in [0.29, 0.717) is 16.6 Å². The molecule has 0 bridgehead atoms. The number of amides is 1. The zero-order valence-electron chi connectivity index (χ0n) is 11.6. The van der Waals surface area contributed by atoms with E-state index in [0.717, 1.165) is 25.9 Å². The molecule has 110 valence electrons. The van der Waals surface area contributed by atoms with E-state index < -0.39 is 5.82 Å². The van der Waals surface area contributed by atoms with Crippen LogP contribution in [-0.4, -0.2) is 37.1 Å². The molecule has 0 spiro atoms. The highest BCUT2D eigenvalue weighted by atomic mass is 79.9. The fraction of sp³-hybridized carbons (Fsp3) is 0.533. The second-order valence-electron chi connectivity index (χ2n) is 5.16. The Morgan fingerprint density at radius 3 is 2.90 bits per heavy atom. The number of rotatable bonds is 4. The Hall–Kier alpha value is -0.940. The minimum atomic E-state index is -0.410. The molecule has 1 aliphatic rings. The van der Waals surface area contributed by atoms with Crippen LogP contribution < -0.4 is 0 Å². The molecule has 0 aromatic heterocycles. The Morgan fingerprint density at radius 2 is 2.25 bits per heavy atom. The van der Waals surface area contributed by atoms with E-state index in [1.807, 2.05) is 0 Å². The van der Waals surface area contributed by atoms with Crippen molar-refractivity contribution in [2.45, 2.75) is 31.8 Å². The van der Waals surface area contributed by atoms with Gasteiger partial charge in [0, 0.05) is 30.2 Å². The topological polar surface area (TPSA) is 29.5 Å². The van der Waals surface area contributed by atoms with Crippen LogP contribution in [0.3, 0.4) is 0 Å². The van der Waals surface area contributed by atoms with Crippen LogP contribution in [-0.2, 0) is 4.74 Å². The number of benzene rings is 1. The molecule has 0 aliphatic carbocycles. The van der Waals surface area contributed by atoms with E-state index >= 15 is 0 Å². The molecule has 1 aromatic rings. The molecule has 2 rings (SSSR count). The van der Waals surface area contributed by atoms with Gasteiger partial charge < -0.3 is 9.64 Å². The van der Waals surface area contributed by atoms with Gasteiger partial charge in [-0.2, -0.15) is 0 Å². The van der Waals surface area contributed by atoms with E-state index in [-0.39, 0.29) is 12.0 Å². The predicted molar refractivity (Wildman–Crippen MR) is 79.3 cm³/mol. The normalized spacial score (nSPS) is 18.9. The number of ether oxygens (including phenoxy) is 1. The summed E-state index contributed by atoms with van der Waals surface area (Å²) in [5.74, 6) is -0.576. The summed E-state index contributed by atoms with van der Waals surface area (Å²) in [6.07, 6.45) is 4.46. The molecular formula is C15H19BrFNO2. The van der Waals surface area contributed by atoms with Crippen LogP contribution in [0.1, 0.15) is 36.0 Å². The molecule has 1 aliphatic heterocycles. The second-order valence-corrected chi connectivity index (χ2v) is 6.08. The SMILES string of the molecule is CN(CCC1CCCCO1)C(=O)c1cc(F)cc(Br)c1. The lowest BCUT2D eigenvalue weighted by Gasteiger charge is -2.25. The quantitative estimate of drug-likeness (QED) is 0.835. The van der Waals surface area contributed by atoms with Crippen LogP contribution in [0.15, 0.2) is 22.7 Å².